The number of anilines is 2. The predicted molar refractivity (Wildman–Crippen MR) is 303 cm³/mol. The number of phenols is 1. The van der Waals surface area contributed by atoms with Gasteiger partial charge in [-0.15, -0.1) is 6.42 Å². The van der Waals surface area contributed by atoms with Gasteiger partial charge in [0.25, 0.3) is 0 Å². The van der Waals surface area contributed by atoms with E-state index in [1.165, 1.54) is 5.56 Å². The number of fused-ring (bicyclic) bond motifs is 1. The number of phenolic OH excluding ortho intramolecular Hbond substituents is 1. The number of para-hydroxylation sites is 1. The van der Waals surface area contributed by atoms with Gasteiger partial charge >= 0.3 is 6.03 Å². The van der Waals surface area contributed by atoms with Crippen LogP contribution in [0.5, 0.6) is 5.75 Å². The summed E-state index contributed by atoms with van der Waals surface area (Å²) in [5, 5.41) is 29.8. The molecule has 414 valence electrons. The topological polar surface area (TPSA) is 238 Å². The minimum absolute atomic E-state index is 0.0379. The lowest BCUT2D eigenvalue weighted by Crippen LogP contribution is -2.70. The van der Waals surface area contributed by atoms with E-state index in [9.17, 15) is 24.6 Å². The number of benzene rings is 2. The van der Waals surface area contributed by atoms with Crippen molar-refractivity contribution in [3.63, 3.8) is 0 Å². The fourth-order valence-electron chi connectivity index (χ4n) is 12.2. The lowest BCUT2D eigenvalue weighted by atomic mass is 9.60. The Hall–Kier alpha value is -6.65. The van der Waals surface area contributed by atoms with Crippen molar-refractivity contribution < 1.29 is 24.6 Å². The second kappa shape index (κ2) is 25.2. The van der Waals surface area contributed by atoms with Crippen LogP contribution in [0.4, 0.5) is 16.6 Å². The number of aliphatic hydroxyl groups excluding tert-OH is 1. The molecule has 4 amide bonds. The highest BCUT2D eigenvalue weighted by molar-refractivity contribution is 5.89. The van der Waals surface area contributed by atoms with Crippen molar-refractivity contribution in [2.24, 2.45) is 16.6 Å². The van der Waals surface area contributed by atoms with Crippen molar-refractivity contribution in [2.45, 2.75) is 116 Å². The van der Waals surface area contributed by atoms with Crippen LogP contribution >= 0.6 is 0 Å². The van der Waals surface area contributed by atoms with Gasteiger partial charge in [-0.1, -0.05) is 57.9 Å². The minimum Gasteiger partial charge on any atom is -0.507 e. The monoisotopic (exact) mass is 1050 g/mol. The van der Waals surface area contributed by atoms with Gasteiger partial charge < -0.3 is 67.1 Å². The molecule has 5 aliphatic heterocycles. The van der Waals surface area contributed by atoms with Crippen molar-refractivity contribution in [3.05, 3.63) is 100.0 Å². The maximum absolute atomic E-state index is 13.9. The van der Waals surface area contributed by atoms with Crippen LogP contribution in [0.2, 0.25) is 0 Å². The number of nitrogens with one attached hydrogen (secondary N) is 4. The van der Waals surface area contributed by atoms with Gasteiger partial charge in [-0.2, -0.15) is 0 Å². The lowest BCUT2D eigenvalue weighted by Gasteiger charge is -2.61. The Bertz CT molecular complexity index is 2690. The molecule has 2 aromatic heterocycles. The average molecular weight is 1050 g/mol. The second-order valence-electron chi connectivity index (χ2n) is 22.4. The van der Waals surface area contributed by atoms with Gasteiger partial charge in [0.15, 0.2) is 0 Å². The Morgan fingerprint density at radius 3 is 2.30 bits per heavy atom. The highest BCUT2D eigenvalue weighted by Crippen LogP contribution is 2.51. The molecule has 1 saturated carbocycles. The van der Waals surface area contributed by atoms with Crippen molar-refractivity contribution >= 4 is 41.9 Å². The van der Waals surface area contributed by atoms with Crippen LogP contribution in [0.3, 0.4) is 0 Å². The van der Waals surface area contributed by atoms with E-state index in [0.717, 1.165) is 132 Å². The first-order valence-electron chi connectivity index (χ1n) is 27.9. The number of urea groups is 1. The molecule has 77 heavy (non-hydrogen) atoms. The number of nitrogens with zero attached hydrogens (tertiary/aromatic N) is 7. The summed E-state index contributed by atoms with van der Waals surface area (Å²) >= 11 is 0. The number of aromatic nitrogens is 3. The van der Waals surface area contributed by atoms with Gasteiger partial charge in [-0.25, -0.2) is 14.8 Å². The third kappa shape index (κ3) is 13.2. The van der Waals surface area contributed by atoms with Crippen molar-refractivity contribution in [1.82, 2.24) is 50.5 Å². The number of aromatic amines is 1. The first-order valence-corrected chi connectivity index (χ1v) is 27.9. The molecule has 0 radical (unpaired) electrons. The Morgan fingerprint density at radius 1 is 0.974 bits per heavy atom. The Labute approximate surface area is 455 Å². The first kappa shape index (κ1) is 56.6. The average Bonchev–Trinajstić information content (AvgIpc) is 4.09. The van der Waals surface area contributed by atoms with Crippen molar-refractivity contribution in [2.75, 3.05) is 89.2 Å². The predicted octanol–water partition coefficient (Wildman–Crippen LogP) is 5.25. The number of nitrogen functional groups attached to an aromatic ring is 1. The molecule has 5 fully saturated rings. The molecule has 7 heterocycles. The largest absolute Gasteiger partial charge is 0.507 e. The molecule has 1 aliphatic carbocycles. The Morgan fingerprint density at radius 2 is 1.66 bits per heavy atom. The number of carbonyl (C=O) groups excluding carboxylic acids is 3. The van der Waals surface area contributed by atoms with E-state index in [4.69, 9.17) is 27.9 Å². The number of piperidine rings is 1. The molecule has 3 atom stereocenters. The molecule has 6 aliphatic rings. The Balaban J connectivity index is 0.000000492. The number of likely N-dealkylation sites (tertiary alicyclic amines) is 3. The lowest BCUT2D eigenvalue weighted by molar-refractivity contribution is -0.136. The summed E-state index contributed by atoms with van der Waals surface area (Å²) in [6.07, 6.45) is 17.7. The van der Waals surface area contributed by atoms with Crippen LogP contribution in [0.1, 0.15) is 124 Å². The summed E-state index contributed by atoms with van der Waals surface area (Å²) in [5.41, 5.74) is 19.8. The molecule has 10 N–H and O–H groups in total. The summed E-state index contributed by atoms with van der Waals surface area (Å²) in [7, 11) is 0. The molecule has 0 bridgehead atoms. The zero-order chi connectivity index (χ0) is 54.9. The van der Waals surface area contributed by atoms with Gasteiger partial charge in [0.2, 0.25) is 18.3 Å². The molecule has 18 heteroatoms. The number of carbonyl (C=O) groups is 3. The molecule has 4 aromatic rings. The van der Waals surface area contributed by atoms with E-state index in [1.54, 1.807) is 23.1 Å². The number of hydrogen-bond acceptors (Lipinski definition) is 13. The number of H-pyrrole nitrogens is 1. The summed E-state index contributed by atoms with van der Waals surface area (Å²) < 4.78 is 0. The molecular formula is C59H83N13O5. The number of amides is 4. The zero-order valence-electron chi connectivity index (χ0n) is 45.9. The molecule has 1 spiro atoms. The van der Waals surface area contributed by atoms with Crippen LogP contribution in [0.25, 0.3) is 11.8 Å². The summed E-state index contributed by atoms with van der Waals surface area (Å²) in [5.74, 6) is 4.23. The third-order valence-corrected chi connectivity index (χ3v) is 16.9. The first-order chi connectivity index (χ1) is 37.1. The van der Waals surface area contributed by atoms with Gasteiger partial charge in [0.1, 0.15) is 17.6 Å². The molecule has 10 rings (SSSR count). The normalized spacial score (nSPS) is 21.3. The fourth-order valence-corrected chi connectivity index (χ4v) is 12.2. The van der Waals surface area contributed by atoms with E-state index in [2.05, 4.69) is 62.3 Å². The van der Waals surface area contributed by atoms with Gasteiger partial charge in [-0.3, -0.25) is 9.59 Å². The van der Waals surface area contributed by atoms with E-state index in [0.29, 0.717) is 67.5 Å². The number of hydrogen-bond donors (Lipinski definition) is 8. The molecule has 4 saturated heterocycles. The summed E-state index contributed by atoms with van der Waals surface area (Å²) in [6.45, 7) is 20.9. The van der Waals surface area contributed by atoms with Crippen LogP contribution in [-0.2, 0) is 22.6 Å². The number of piperazine rings is 1. The van der Waals surface area contributed by atoms with Crippen molar-refractivity contribution in [3.8, 4) is 18.1 Å². The van der Waals surface area contributed by atoms with E-state index >= 15 is 0 Å². The standard InChI is InChI=1S/C47H68N12O4.C10H9NO.C2H6/c1-30-40-36(22-37(48)35-6-4-5-7-39(35)61)42(49)53-38(40)11-18-59(30)44-51-25-32(26-52-44)31-8-15-56(16-9-31)33-23-47(24-33)28-58(29-47)45(63)54-41(43(62)57-17-10-34(60)27-57)46(2,3)12-19-55-20-13-50-14-21-55;1-2-9-3-5-10(6-4-9)7-11-8-12;1-2/h4-7,22,25-26,30-31,33-34,41,50,53,60-61H,8-21,23-24,27-29,48-49H2,1-3H3,(H,54,63);1,3-6,8H,7H2,(H,11,12);1-2H3/b37-22-;;. The van der Waals surface area contributed by atoms with Gasteiger partial charge in [0.05, 0.1) is 12.1 Å². The highest BCUT2D eigenvalue weighted by Gasteiger charge is 2.56. The van der Waals surface area contributed by atoms with Crippen LogP contribution < -0.4 is 32.3 Å². The number of β-amino-alcohol motifs (C(OH)–C–C–N with tert-alkyl or cyclic N) is 1. The molecule has 3 unspecified atom stereocenters. The maximum Gasteiger partial charge on any atom is 0.318 e. The van der Waals surface area contributed by atoms with Crippen LogP contribution in [0, 0.1) is 23.2 Å². The van der Waals surface area contributed by atoms with E-state index < -0.39 is 17.6 Å². The molecule has 18 nitrogen and oxygen atoms in total. The van der Waals surface area contributed by atoms with Crippen LogP contribution in [-0.4, -0.2) is 160 Å². The van der Waals surface area contributed by atoms with Crippen LogP contribution in [0.15, 0.2) is 60.9 Å². The summed E-state index contributed by atoms with van der Waals surface area (Å²) in [6, 6.07) is 14.2. The van der Waals surface area contributed by atoms with Gasteiger partial charge in [-0.05, 0) is 118 Å². The van der Waals surface area contributed by atoms with E-state index in [1.807, 2.05) is 67.5 Å². The van der Waals surface area contributed by atoms with E-state index in [-0.39, 0.29) is 29.1 Å². The number of rotatable bonds is 14. The number of aromatic hydroxyl groups is 1. The number of nitrogens with two attached hydrogens (primary N) is 2. The Kier molecular flexibility index (Phi) is 18.5. The van der Waals surface area contributed by atoms with Crippen molar-refractivity contribution in [1.29, 1.82) is 0 Å². The SMILES string of the molecule is C#Cc1ccc(CNC=O)cc1.CC.CC1c2c([nH]c(N)c2/C=C(\N)c2ccccc2O)CCN1c1ncc(C2CCN(C3CC4(C3)CN(C(=O)NC(C(=O)N3CCC(O)C3)C(C)(C)CCN3CCNCC3)C4)CC2)cn1. The fraction of sp³-hybridized carbons (Fsp3) is 0.542. The molecule has 2 aromatic carbocycles. The second-order valence-corrected chi connectivity index (χ2v) is 22.4. The molecular weight excluding hydrogens is 971 g/mol. The quantitative estimate of drug-likeness (QED) is 0.0596. The number of aliphatic hydroxyl groups is 1. The zero-order valence-corrected chi connectivity index (χ0v) is 45.9. The highest BCUT2D eigenvalue weighted by atomic mass is 16.3. The third-order valence-electron chi connectivity index (χ3n) is 16.9. The minimum atomic E-state index is -0.646. The van der Waals surface area contributed by atoms with Gasteiger partial charge in [0, 0.05) is 129 Å². The summed E-state index contributed by atoms with van der Waals surface area (Å²) in [4.78, 5) is 61.8. The smallest absolute Gasteiger partial charge is 0.318 e. The maximum atomic E-state index is 13.9. The number of terminal acetylenes is 1.